The van der Waals surface area contributed by atoms with E-state index in [4.69, 9.17) is 5.73 Å². The molecule has 5 heteroatoms. The van der Waals surface area contributed by atoms with Gasteiger partial charge in [0.05, 0.1) is 0 Å². The first-order chi connectivity index (χ1) is 8.54. The Hall–Kier alpha value is -0.910. The lowest BCUT2D eigenvalue weighted by atomic mass is 10.1. The normalized spacial score (nSPS) is 25.6. The molecule has 0 aromatic heterocycles. The highest BCUT2D eigenvalue weighted by atomic mass is 79.9. The number of rotatable bonds is 2. The molecule has 1 aliphatic rings. The van der Waals surface area contributed by atoms with Crippen molar-refractivity contribution < 1.29 is 4.79 Å². The number of hydrogen-bond acceptors (Lipinski definition) is 3. The lowest BCUT2D eigenvalue weighted by molar-refractivity contribution is -0.125. The number of likely N-dealkylation sites (N-methyl/N-ethyl adjacent to an activating group) is 1. The molecule has 1 aromatic carbocycles. The van der Waals surface area contributed by atoms with Crippen LogP contribution in [0.3, 0.4) is 0 Å². The van der Waals surface area contributed by atoms with Crippen molar-refractivity contribution in [2.24, 2.45) is 5.73 Å². The van der Waals surface area contributed by atoms with Gasteiger partial charge >= 0.3 is 0 Å². The Labute approximate surface area is 116 Å². The fraction of sp³-hybridized carbons (Fsp3) is 0.462. The lowest BCUT2D eigenvalue weighted by Gasteiger charge is -2.42. The summed E-state index contributed by atoms with van der Waals surface area (Å²) in [7, 11) is 1.95. The van der Waals surface area contributed by atoms with Crippen LogP contribution >= 0.6 is 15.9 Å². The number of nitrogens with two attached hydrogens (primary N) is 1. The van der Waals surface area contributed by atoms with Crippen molar-refractivity contribution in [1.29, 1.82) is 0 Å². The maximum Gasteiger partial charge on any atom is 0.245 e. The minimum absolute atomic E-state index is 0.0804. The Morgan fingerprint density at radius 3 is 2.83 bits per heavy atom. The smallest absolute Gasteiger partial charge is 0.245 e. The molecule has 0 aliphatic carbocycles. The zero-order valence-corrected chi connectivity index (χ0v) is 12.2. The van der Waals surface area contributed by atoms with E-state index in [0.29, 0.717) is 6.54 Å². The van der Waals surface area contributed by atoms with Crippen molar-refractivity contribution in [3.8, 4) is 0 Å². The molecule has 1 fully saturated rings. The van der Waals surface area contributed by atoms with Gasteiger partial charge in [-0.05, 0) is 32.2 Å². The molecule has 0 radical (unpaired) electrons. The van der Waals surface area contributed by atoms with Gasteiger partial charge in [0.25, 0.3) is 0 Å². The van der Waals surface area contributed by atoms with E-state index in [0.717, 1.165) is 16.7 Å². The minimum Gasteiger partial charge on any atom is -0.328 e. The van der Waals surface area contributed by atoms with Crippen LogP contribution in [0.2, 0.25) is 0 Å². The van der Waals surface area contributed by atoms with Crippen LogP contribution in [-0.2, 0) is 4.79 Å². The predicted molar refractivity (Wildman–Crippen MR) is 76.6 cm³/mol. The first kappa shape index (κ1) is 13.5. The molecule has 2 unspecified atom stereocenters. The van der Waals surface area contributed by atoms with Crippen LogP contribution in [0.25, 0.3) is 0 Å². The van der Waals surface area contributed by atoms with Crippen molar-refractivity contribution in [3.05, 3.63) is 28.7 Å². The summed E-state index contributed by atoms with van der Waals surface area (Å²) in [5.74, 6) is 0.0804. The van der Waals surface area contributed by atoms with Crippen LogP contribution in [0.5, 0.6) is 0 Å². The number of halogens is 1. The molecule has 4 nitrogen and oxygen atoms in total. The average Bonchev–Trinajstić information content (AvgIpc) is 2.28. The van der Waals surface area contributed by atoms with Gasteiger partial charge in [0, 0.05) is 29.3 Å². The number of carbonyl (C=O) groups is 1. The fourth-order valence-electron chi connectivity index (χ4n) is 2.48. The van der Waals surface area contributed by atoms with Gasteiger partial charge in [-0.3, -0.25) is 9.69 Å². The van der Waals surface area contributed by atoms with E-state index < -0.39 is 0 Å². The molecular formula is C13H18BrN3O. The van der Waals surface area contributed by atoms with Gasteiger partial charge < -0.3 is 10.6 Å². The predicted octanol–water partition coefficient (Wildman–Crippen LogP) is 1.44. The van der Waals surface area contributed by atoms with E-state index in [1.807, 2.05) is 41.1 Å². The second-order valence-electron chi connectivity index (χ2n) is 4.73. The van der Waals surface area contributed by atoms with E-state index in [9.17, 15) is 4.79 Å². The van der Waals surface area contributed by atoms with E-state index in [-0.39, 0.29) is 18.0 Å². The van der Waals surface area contributed by atoms with E-state index in [1.54, 1.807) is 0 Å². The highest BCUT2D eigenvalue weighted by molar-refractivity contribution is 9.10. The lowest BCUT2D eigenvalue weighted by Crippen LogP contribution is -2.62. The van der Waals surface area contributed by atoms with Gasteiger partial charge in [0.1, 0.15) is 6.04 Å². The SMILES string of the molecule is CC1CN(C)C(CN)C(=O)N1c1cccc(Br)c1. The molecule has 18 heavy (non-hydrogen) atoms. The third kappa shape index (κ3) is 2.43. The summed E-state index contributed by atoms with van der Waals surface area (Å²) in [6.45, 7) is 3.24. The maximum absolute atomic E-state index is 12.5. The highest BCUT2D eigenvalue weighted by Crippen LogP contribution is 2.26. The molecule has 1 aromatic rings. The molecular weight excluding hydrogens is 294 g/mol. The summed E-state index contributed by atoms with van der Waals surface area (Å²) in [4.78, 5) is 16.4. The van der Waals surface area contributed by atoms with Gasteiger partial charge in [0.15, 0.2) is 0 Å². The number of benzene rings is 1. The van der Waals surface area contributed by atoms with Crippen LogP contribution < -0.4 is 10.6 Å². The molecule has 1 heterocycles. The van der Waals surface area contributed by atoms with Crippen LogP contribution in [0.4, 0.5) is 5.69 Å². The van der Waals surface area contributed by atoms with Gasteiger partial charge in [-0.15, -0.1) is 0 Å². The fourth-order valence-corrected chi connectivity index (χ4v) is 2.87. The minimum atomic E-state index is -0.222. The maximum atomic E-state index is 12.5. The van der Waals surface area contributed by atoms with E-state index in [2.05, 4.69) is 22.9 Å². The molecule has 1 aliphatic heterocycles. The molecule has 2 N–H and O–H groups in total. The number of piperazine rings is 1. The van der Waals surface area contributed by atoms with Crippen LogP contribution in [0.15, 0.2) is 28.7 Å². The van der Waals surface area contributed by atoms with Gasteiger partial charge in [-0.1, -0.05) is 22.0 Å². The quantitative estimate of drug-likeness (QED) is 0.899. The topological polar surface area (TPSA) is 49.6 Å². The summed E-state index contributed by atoms with van der Waals surface area (Å²) < 4.78 is 0.975. The largest absolute Gasteiger partial charge is 0.328 e. The van der Waals surface area contributed by atoms with Gasteiger partial charge in [-0.2, -0.15) is 0 Å². The molecule has 1 saturated heterocycles. The number of nitrogens with zero attached hydrogens (tertiary/aromatic N) is 2. The Morgan fingerprint density at radius 2 is 2.22 bits per heavy atom. The summed E-state index contributed by atoms with van der Waals surface area (Å²) in [6, 6.07) is 7.75. The Balaban J connectivity index is 2.34. The first-order valence-electron chi connectivity index (χ1n) is 6.03. The third-order valence-electron chi connectivity index (χ3n) is 3.36. The molecule has 2 rings (SSSR count). The zero-order chi connectivity index (χ0) is 13.3. The second-order valence-corrected chi connectivity index (χ2v) is 5.64. The molecule has 0 bridgehead atoms. The van der Waals surface area contributed by atoms with E-state index in [1.165, 1.54) is 0 Å². The Bertz CT molecular complexity index is 452. The molecule has 2 atom stereocenters. The van der Waals surface area contributed by atoms with Crippen LogP contribution in [-0.4, -0.2) is 43.0 Å². The third-order valence-corrected chi connectivity index (χ3v) is 3.85. The van der Waals surface area contributed by atoms with E-state index >= 15 is 0 Å². The summed E-state index contributed by atoms with van der Waals surface area (Å²) >= 11 is 3.44. The molecule has 0 spiro atoms. The molecule has 98 valence electrons. The van der Waals surface area contributed by atoms with Crippen molar-refractivity contribution in [2.45, 2.75) is 19.0 Å². The molecule has 1 amide bonds. The Morgan fingerprint density at radius 1 is 1.50 bits per heavy atom. The van der Waals surface area contributed by atoms with Gasteiger partial charge in [0.2, 0.25) is 5.91 Å². The number of amides is 1. The zero-order valence-electron chi connectivity index (χ0n) is 10.6. The average molecular weight is 312 g/mol. The van der Waals surface area contributed by atoms with Crippen molar-refractivity contribution in [2.75, 3.05) is 25.0 Å². The number of carbonyl (C=O) groups excluding carboxylic acids is 1. The summed E-state index contributed by atoms with van der Waals surface area (Å²) in [5, 5.41) is 0. The summed E-state index contributed by atoms with van der Waals surface area (Å²) in [5.41, 5.74) is 6.63. The Kier molecular flexibility index (Phi) is 4.04. The van der Waals surface area contributed by atoms with Crippen LogP contribution in [0.1, 0.15) is 6.92 Å². The monoisotopic (exact) mass is 311 g/mol. The van der Waals surface area contributed by atoms with Crippen LogP contribution in [0, 0.1) is 0 Å². The van der Waals surface area contributed by atoms with Gasteiger partial charge in [-0.25, -0.2) is 0 Å². The van der Waals surface area contributed by atoms with Crippen molar-refractivity contribution >= 4 is 27.5 Å². The highest BCUT2D eigenvalue weighted by Gasteiger charge is 2.36. The first-order valence-corrected chi connectivity index (χ1v) is 6.83. The molecule has 0 saturated carbocycles. The van der Waals surface area contributed by atoms with Crippen molar-refractivity contribution in [3.63, 3.8) is 0 Å². The second kappa shape index (κ2) is 5.38. The van der Waals surface area contributed by atoms with Crippen molar-refractivity contribution in [1.82, 2.24) is 4.90 Å². The summed E-state index contributed by atoms with van der Waals surface area (Å²) in [6.07, 6.45) is 0. The number of hydrogen-bond donors (Lipinski definition) is 1. The number of anilines is 1. The standard InChI is InChI=1S/C13H18BrN3O/c1-9-8-16(2)12(7-15)13(18)17(9)11-5-3-4-10(14)6-11/h3-6,9,12H,7-8,15H2,1-2H3.